The summed E-state index contributed by atoms with van der Waals surface area (Å²) in [5.74, 6) is -1.01. The lowest BCUT2D eigenvalue weighted by atomic mass is 9.86. The quantitative estimate of drug-likeness (QED) is 0.740. The molecular weight excluding hydrogens is 322 g/mol. The van der Waals surface area contributed by atoms with Gasteiger partial charge in [0, 0.05) is 18.7 Å². The number of ether oxygens (including phenoxy) is 2. The van der Waals surface area contributed by atoms with E-state index in [2.05, 4.69) is 5.32 Å². The number of methoxy groups -OCH3 is 1. The molecule has 2 atom stereocenters. The minimum absolute atomic E-state index is 0.256. The Kier molecular flexibility index (Phi) is 7.73. The number of aliphatic carboxylic acids is 1. The molecule has 0 aliphatic heterocycles. The number of hydrogen-bond acceptors (Lipinski definition) is 4. The Bertz CT molecular complexity index is 575. The van der Waals surface area contributed by atoms with Crippen molar-refractivity contribution in [2.24, 2.45) is 5.92 Å². The third-order valence-electron chi connectivity index (χ3n) is 4.55. The number of carbonyl (C=O) groups excluding carboxylic acids is 1. The van der Waals surface area contributed by atoms with Gasteiger partial charge in [-0.05, 0) is 31.0 Å². The third-order valence-corrected chi connectivity index (χ3v) is 4.55. The lowest BCUT2D eigenvalue weighted by molar-refractivity contribution is -0.143. The molecule has 1 amide bonds. The van der Waals surface area contributed by atoms with E-state index in [9.17, 15) is 14.7 Å². The van der Waals surface area contributed by atoms with Crippen LogP contribution in [0.3, 0.4) is 0 Å². The van der Waals surface area contributed by atoms with Crippen molar-refractivity contribution in [1.82, 2.24) is 5.32 Å². The Morgan fingerprint density at radius 1 is 1.16 bits per heavy atom. The van der Waals surface area contributed by atoms with Crippen LogP contribution in [0.4, 0.5) is 0 Å². The van der Waals surface area contributed by atoms with Crippen molar-refractivity contribution < 1.29 is 24.2 Å². The zero-order valence-corrected chi connectivity index (χ0v) is 14.7. The highest BCUT2D eigenvalue weighted by Gasteiger charge is 2.30. The number of rotatable bonds is 7. The van der Waals surface area contributed by atoms with E-state index >= 15 is 0 Å². The fourth-order valence-electron chi connectivity index (χ4n) is 3.17. The Morgan fingerprint density at radius 2 is 1.92 bits per heavy atom. The number of benzene rings is 1. The van der Waals surface area contributed by atoms with Gasteiger partial charge in [-0.15, -0.1) is 0 Å². The maximum absolute atomic E-state index is 12.6. The number of nitrogens with one attached hydrogen (secondary N) is 1. The van der Waals surface area contributed by atoms with E-state index in [1.54, 1.807) is 31.4 Å². The number of carbonyl (C=O) groups is 2. The van der Waals surface area contributed by atoms with Crippen molar-refractivity contribution in [3.05, 3.63) is 29.8 Å². The van der Waals surface area contributed by atoms with E-state index in [-0.39, 0.29) is 11.9 Å². The fourth-order valence-corrected chi connectivity index (χ4v) is 3.17. The van der Waals surface area contributed by atoms with Crippen LogP contribution in [0.2, 0.25) is 0 Å². The molecule has 1 saturated carbocycles. The van der Waals surface area contributed by atoms with Gasteiger partial charge in [0.1, 0.15) is 12.4 Å². The topological polar surface area (TPSA) is 84.9 Å². The van der Waals surface area contributed by atoms with Crippen molar-refractivity contribution in [1.29, 1.82) is 0 Å². The molecule has 0 saturated heterocycles. The van der Waals surface area contributed by atoms with Gasteiger partial charge in [0.15, 0.2) is 0 Å². The molecule has 0 aromatic heterocycles. The van der Waals surface area contributed by atoms with E-state index in [0.29, 0.717) is 37.4 Å². The van der Waals surface area contributed by atoms with Crippen molar-refractivity contribution in [2.75, 3.05) is 20.3 Å². The summed E-state index contributed by atoms with van der Waals surface area (Å²) in [6.45, 7) is 0.879. The molecule has 138 valence electrons. The molecule has 6 heteroatoms. The third kappa shape index (κ3) is 6.05. The highest BCUT2D eigenvalue weighted by Crippen LogP contribution is 2.24. The van der Waals surface area contributed by atoms with Crippen LogP contribution in [0.25, 0.3) is 0 Å². The summed E-state index contributed by atoms with van der Waals surface area (Å²) in [6, 6.07) is 6.58. The van der Waals surface area contributed by atoms with Crippen LogP contribution in [0.1, 0.15) is 48.9 Å². The van der Waals surface area contributed by atoms with E-state index in [0.717, 1.165) is 25.7 Å². The molecule has 1 aromatic carbocycles. The molecular formula is C19H27NO5. The lowest BCUT2D eigenvalue weighted by Crippen LogP contribution is -2.43. The largest absolute Gasteiger partial charge is 0.491 e. The molecule has 1 aliphatic rings. The summed E-state index contributed by atoms with van der Waals surface area (Å²) in [5, 5.41) is 12.4. The Morgan fingerprint density at radius 3 is 2.64 bits per heavy atom. The van der Waals surface area contributed by atoms with Crippen LogP contribution in [-0.2, 0) is 9.53 Å². The number of amides is 1. The normalized spacial score (nSPS) is 21.0. The Hall–Kier alpha value is -2.08. The monoisotopic (exact) mass is 349 g/mol. The van der Waals surface area contributed by atoms with Crippen LogP contribution in [-0.4, -0.2) is 43.3 Å². The predicted octanol–water partition coefficient (Wildman–Crippen LogP) is 2.87. The summed E-state index contributed by atoms with van der Waals surface area (Å²) < 4.78 is 10.5. The molecule has 0 heterocycles. The number of hydrogen-bond donors (Lipinski definition) is 2. The summed E-state index contributed by atoms with van der Waals surface area (Å²) in [5.41, 5.74) is 0.473. The average Bonchev–Trinajstić information content (AvgIpc) is 2.57. The second-order valence-corrected chi connectivity index (χ2v) is 6.39. The molecule has 0 bridgehead atoms. The SMILES string of the molecule is COCCOc1cccc(C(=O)NC2CCCCCCC2C(=O)O)c1. The first kappa shape index (κ1) is 19.2. The minimum atomic E-state index is -0.830. The molecule has 0 spiro atoms. The van der Waals surface area contributed by atoms with Gasteiger partial charge in [-0.3, -0.25) is 9.59 Å². The van der Waals surface area contributed by atoms with Crippen molar-refractivity contribution >= 4 is 11.9 Å². The maximum atomic E-state index is 12.6. The number of carboxylic acid groups (broad SMARTS) is 1. The van der Waals surface area contributed by atoms with E-state index in [1.165, 1.54) is 0 Å². The zero-order chi connectivity index (χ0) is 18.1. The average molecular weight is 349 g/mol. The van der Waals surface area contributed by atoms with Crippen LogP contribution in [0, 0.1) is 5.92 Å². The first-order valence-electron chi connectivity index (χ1n) is 8.87. The second kappa shape index (κ2) is 10.0. The van der Waals surface area contributed by atoms with Crippen molar-refractivity contribution in [3.63, 3.8) is 0 Å². The van der Waals surface area contributed by atoms with Gasteiger partial charge in [-0.25, -0.2) is 0 Å². The number of carboxylic acids is 1. The van der Waals surface area contributed by atoms with Gasteiger partial charge in [0.25, 0.3) is 5.91 Å². The van der Waals surface area contributed by atoms with Crippen molar-refractivity contribution in [3.8, 4) is 5.75 Å². The van der Waals surface area contributed by atoms with Gasteiger partial charge in [0.05, 0.1) is 12.5 Å². The smallest absolute Gasteiger partial charge is 0.308 e. The molecule has 1 aromatic rings. The summed E-state index contributed by atoms with van der Waals surface area (Å²) in [7, 11) is 1.60. The zero-order valence-electron chi connectivity index (χ0n) is 14.7. The van der Waals surface area contributed by atoms with E-state index < -0.39 is 11.9 Å². The molecule has 25 heavy (non-hydrogen) atoms. The molecule has 2 N–H and O–H groups in total. The second-order valence-electron chi connectivity index (χ2n) is 6.39. The van der Waals surface area contributed by atoms with Gasteiger partial charge >= 0.3 is 5.97 Å². The Labute approximate surface area is 148 Å². The lowest BCUT2D eigenvalue weighted by Gasteiger charge is -2.27. The van der Waals surface area contributed by atoms with Crippen LogP contribution in [0.15, 0.2) is 24.3 Å². The molecule has 0 radical (unpaired) electrons. The highest BCUT2D eigenvalue weighted by molar-refractivity contribution is 5.95. The van der Waals surface area contributed by atoms with Gasteiger partial charge < -0.3 is 19.9 Å². The van der Waals surface area contributed by atoms with Gasteiger partial charge in [-0.1, -0.05) is 31.7 Å². The van der Waals surface area contributed by atoms with Crippen LogP contribution in [0.5, 0.6) is 5.75 Å². The highest BCUT2D eigenvalue weighted by atomic mass is 16.5. The first-order valence-corrected chi connectivity index (χ1v) is 8.87. The Balaban J connectivity index is 2.03. The predicted molar refractivity (Wildman–Crippen MR) is 93.9 cm³/mol. The maximum Gasteiger partial charge on any atom is 0.308 e. The van der Waals surface area contributed by atoms with Crippen molar-refractivity contribution in [2.45, 2.75) is 44.6 Å². The van der Waals surface area contributed by atoms with Gasteiger partial charge in [-0.2, -0.15) is 0 Å². The summed E-state index contributed by atoms with van der Waals surface area (Å²) in [6.07, 6.45) is 5.29. The van der Waals surface area contributed by atoms with Gasteiger partial charge in [0.2, 0.25) is 0 Å². The summed E-state index contributed by atoms with van der Waals surface area (Å²) >= 11 is 0. The fraction of sp³-hybridized carbons (Fsp3) is 0.579. The van der Waals surface area contributed by atoms with E-state index in [4.69, 9.17) is 9.47 Å². The molecule has 1 fully saturated rings. The van der Waals surface area contributed by atoms with E-state index in [1.807, 2.05) is 0 Å². The molecule has 6 nitrogen and oxygen atoms in total. The standard InChI is InChI=1S/C19H27NO5/c1-24-11-12-25-15-8-6-7-14(13-15)18(21)20-17-10-5-3-2-4-9-16(17)19(22)23/h6-8,13,16-17H,2-5,9-12H2,1H3,(H,20,21)(H,22,23). The van der Waals surface area contributed by atoms with Crippen LogP contribution >= 0.6 is 0 Å². The summed E-state index contributed by atoms with van der Waals surface area (Å²) in [4.78, 5) is 24.1. The molecule has 1 aliphatic carbocycles. The minimum Gasteiger partial charge on any atom is -0.491 e. The molecule has 2 unspecified atom stereocenters. The first-order chi connectivity index (χ1) is 12.1. The van der Waals surface area contributed by atoms with Crippen LogP contribution < -0.4 is 10.1 Å². The molecule has 2 rings (SSSR count).